The summed E-state index contributed by atoms with van der Waals surface area (Å²) in [5.41, 5.74) is 0.486. The minimum Gasteiger partial charge on any atom is -0.308 e. The lowest BCUT2D eigenvalue weighted by atomic mass is 10.1. The van der Waals surface area contributed by atoms with Crippen molar-refractivity contribution in [2.24, 2.45) is 5.92 Å². The molecule has 1 atom stereocenters. The quantitative estimate of drug-likeness (QED) is 0.789. The molecule has 2 aromatic rings. The maximum absolute atomic E-state index is 12.6. The summed E-state index contributed by atoms with van der Waals surface area (Å²) in [7, 11) is 1.78. The highest BCUT2D eigenvalue weighted by atomic mass is 32.1. The highest BCUT2D eigenvalue weighted by molar-refractivity contribution is 7.17. The summed E-state index contributed by atoms with van der Waals surface area (Å²) < 4.78 is 0.596. The molecule has 3 heterocycles. The van der Waals surface area contributed by atoms with Crippen LogP contribution in [0, 0.1) is 5.92 Å². The molecule has 1 aliphatic heterocycles. The van der Waals surface area contributed by atoms with E-state index in [1.165, 1.54) is 16.2 Å². The molecule has 2 amide bonds. The Balaban J connectivity index is 1.72. The van der Waals surface area contributed by atoms with Gasteiger partial charge in [-0.3, -0.25) is 24.2 Å². The summed E-state index contributed by atoms with van der Waals surface area (Å²) in [6, 6.07) is 1.31. The predicted octanol–water partition coefficient (Wildman–Crippen LogP) is 1.59. The average molecular weight is 362 g/mol. The number of likely N-dealkylation sites (N-methyl/N-ethyl adjacent to an activating group) is 1. The van der Waals surface area contributed by atoms with Crippen LogP contribution in [0.15, 0.2) is 16.2 Å². The van der Waals surface area contributed by atoms with Crippen LogP contribution in [0.1, 0.15) is 32.5 Å². The van der Waals surface area contributed by atoms with Crippen LogP contribution in [0.25, 0.3) is 10.2 Å². The second-order valence-corrected chi connectivity index (χ2v) is 7.76. The van der Waals surface area contributed by atoms with Crippen molar-refractivity contribution in [1.29, 1.82) is 0 Å². The smallest absolute Gasteiger partial charge is 0.268 e. The SMILES string of the molecule is CC(C)CCN1C(=O)CC(N(C)Cc2nc3ccsc3c(=O)[nH]2)C1=O. The number of likely N-dealkylation sites (tertiary alicyclic amines) is 1. The summed E-state index contributed by atoms with van der Waals surface area (Å²) in [6.07, 6.45) is 0.982. The van der Waals surface area contributed by atoms with E-state index in [2.05, 4.69) is 23.8 Å². The van der Waals surface area contributed by atoms with E-state index in [0.29, 0.717) is 35.0 Å². The first-order chi connectivity index (χ1) is 11.9. The standard InChI is InChI=1S/C17H22N4O3S/c1-10(2)4-6-21-14(22)8-12(17(21)24)20(3)9-13-18-11-5-7-25-15(11)16(23)19-13/h5,7,10,12H,4,6,8-9H2,1-3H3,(H,18,19,23). The van der Waals surface area contributed by atoms with Crippen LogP contribution in [-0.4, -0.2) is 51.2 Å². The lowest BCUT2D eigenvalue weighted by Crippen LogP contribution is -2.40. The molecule has 2 aromatic heterocycles. The highest BCUT2D eigenvalue weighted by Crippen LogP contribution is 2.20. The van der Waals surface area contributed by atoms with Crippen molar-refractivity contribution >= 4 is 33.4 Å². The number of imide groups is 1. The molecule has 7 nitrogen and oxygen atoms in total. The molecular formula is C17H22N4O3S. The molecule has 8 heteroatoms. The lowest BCUT2D eigenvalue weighted by molar-refractivity contribution is -0.139. The summed E-state index contributed by atoms with van der Waals surface area (Å²) in [5, 5.41) is 1.83. The molecule has 3 rings (SSSR count). The highest BCUT2D eigenvalue weighted by Gasteiger charge is 2.40. The van der Waals surface area contributed by atoms with Gasteiger partial charge in [0.15, 0.2) is 0 Å². The second-order valence-electron chi connectivity index (χ2n) is 6.85. The Hall–Kier alpha value is -2.06. The van der Waals surface area contributed by atoms with Gasteiger partial charge in [-0.25, -0.2) is 4.98 Å². The van der Waals surface area contributed by atoms with E-state index in [0.717, 1.165) is 6.42 Å². The number of fused-ring (bicyclic) bond motifs is 1. The zero-order chi connectivity index (χ0) is 18.1. The number of hydrogen-bond donors (Lipinski definition) is 1. The summed E-state index contributed by atoms with van der Waals surface area (Å²) in [6.45, 7) is 4.91. The van der Waals surface area contributed by atoms with Crippen molar-refractivity contribution in [3.05, 3.63) is 27.6 Å². The molecular weight excluding hydrogens is 340 g/mol. The number of thiophene rings is 1. The molecule has 1 saturated heterocycles. The Morgan fingerprint density at radius 1 is 1.40 bits per heavy atom. The van der Waals surface area contributed by atoms with Crippen LogP contribution in [0.4, 0.5) is 0 Å². The van der Waals surface area contributed by atoms with Crippen molar-refractivity contribution in [2.45, 2.75) is 39.3 Å². The number of amides is 2. The van der Waals surface area contributed by atoms with E-state index >= 15 is 0 Å². The number of nitrogens with one attached hydrogen (secondary N) is 1. The van der Waals surface area contributed by atoms with E-state index in [-0.39, 0.29) is 23.8 Å². The monoisotopic (exact) mass is 362 g/mol. The fraction of sp³-hybridized carbons (Fsp3) is 0.529. The first kappa shape index (κ1) is 17.8. The van der Waals surface area contributed by atoms with Gasteiger partial charge in [0.1, 0.15) is 10.5 Å². The largest absolute Gasteiger partial charge is 0.308 e. The van der Waals surface area contributed by atoms with Crippen molar-refractivity contribution in [3.8, 4) is 0 Å². The van der Waals surface area contributed by atoms with E-state index in [4.69, 9.17) is 0 Å². The summed E-state index contributed by atoms with van der Waals surface area (Å²) >= 11 is 1.35. The van der Waals surface area contributed by atoms with Crippen LogP contribution in [-0.2, 0) is 16.1 Å². The molecule has 1 fully saturated rings. The third-order valence-electron chi connectivity index (χ3n) is 4.45. The topological polar surface area (TPSA) is 86.4 Å². The van der Waals surface area contributed by atoms with Gasteiger partial charge in [-0.05, 0) is 30.8 Å². The number of aromatic nitrogens is 2. The molecule has 1 unspecified atom stereocenters. The van der Waals surface area contributed by atoms with Gasteiger partial charge in [0.25, 0.3) is 5.56 Å². The molecule has 0 aromatic carbocycles. The van der Waals surface area contributed by atoms with Crippen LogP contribution < -0.4 is 5.56 Å². The number of H-pyrrole nitrogens is 1. The van der Waals surface area contributed by atoms with Gasteiger partial charge in [-0.1, -0.05) is 13.8 Å². The van der Waals surface area contributed by atoms with Gasteiger partial charge in [0, 0.05) is 6.54 Å². The molecule has 0 spiro atoms. The van der Waals surface area contributed by atoms with Gasteiger partial charge in [0.2, 0.25) is 11.8 Å². The van der Waals surface area contributed by atoms with Crippen LogP contribution >= 0.6 is 11.3 Å². The summed E-state index contributed by atoms with van der Waals surface area (Å²) in [5.74, 6) is 0.646. The predicted molar refractivity (Wildman–Crippen MR) is 96.3 cm³/mol. The fourth-order valence-corrected chi connectivity index (χ4v) is 3.70. The van der Waals surface area contributed by atoms with E-state index in [1.807, 2.05) is 5.38 Å². The van der Waals surface area contributed by atoms with Crippen LogP contribution in [0.3, 0.4) is 0 Å². The van der Waals surface area contributed by atoms with E-state index in [1.54, 1.807) is 18.0 Å². The normalized spacial score (nSPS) is 18.3. The van der Waals surface area contributed by atoms with Gasteiger partial charge in [-0.15, -0.1) is 11.3 Å². The van der Waals surface area contributed by atoms with Crippen molar-refractivity contribution in [1.82, 2.24) is 19.8 Å². The third-order valence-corrected chi connectivity index (χ3v) is 5.35. The molecule has 0 saturated carbocycles. The molecule has 134 valence electrons. The zero-order valence-corrected chi connectivity index (χ0v) is 15.4. The lowest BCUT2D eigenvalue weighted by Gasteiger charge is -2.22. The second kappa shape index (κ2) is 7.05. The Labute approximate surface area is 149 Å². The van der Waals surface area contributed by atoms with Gasteiger partial charge < -0.3 is 4.98 Å². The maximum atomic E-state index is 12.6. The number of rotatable bonds is 6. The summed E-state index contributed by atoms with van der Waals surface area (Å²) in [4.78, 5) is 47.1. The Morgan fingerprint density at radius 2 is 2.16 bits per heavy atom. The zero-order valence-electron chi connectivity index (χ0n) is 14.6. The molecule has 0 aliphatic carbocycles. The molecule has 25 heavy (non-hydrogen) atoms. The van der Waals surface area contributed by atoms with Crippen molar-refractivity contribution < 1.29 is 9.59 Å². The average Bonchev–Trinajstić information content (AvgIpc) is 3.10. The van der Waals surface area contributed by atoms with Crippen LogP contribution in [0.2, 0.25) is 0 Å². The first-order valence-corrected chi connectivity index (χ1v) is 9.25. The number of aromatic amines is 1. The first-order valence-electron chi connectivity index (χ1n) is 8.37. The van der Waals surface area contributed by atoms with Crippen LogP contribution in [0.5, 0.6) is 0 Å². The van der Waals surface area contributed by atoms with E-state index < -0.39 is 6.04 Å². The molecule has 1 aliphatic rings. The fourth-order valence-electron chi connectivity index (χ4n) is 2.98. The molecule has 0 radical (unpaired) electrons. The minimum absolute atomic E-state index is 0.128. The third kappa shape index (κ3) is 3.64. The van der Waals surface area contributed by atoms with Crippen molar-refractivity contribution in [3.63, 3.8) is 0 Å². The molecule has 1 N–H and O–H groups in total. The number of hydrogen-bond acceptors (Lipinski definition) is 6. The van der Waals surface area contributed by atoms with E-state index in [9.17, 15) is 14.4 Å². The number of nitrogens with zero attached hydrogens (tertiary/aromatic N) is 3. The Kier molecular flexibility index (Phi) is 5.01. The minimum atomic E-state index is -0.497. The van der Waals surface area contributed by atoms with Gasteiger partial charge in [-0.2, -0.15) is 0 Å². The maximum Gasteiger partial charge on any atom is 0.268 e. The Bertz CT molecular complexity index is 857. The number of carbonyl (C=O) groups is 2. The van der Waals surface area contributed by atoms with Gasteiger partial charge in [0.05, 0.1) is 24.5 Å². The van der Waals surface area contributed by atoms with Gasteiger partial charge >= 0.3 is 0 Å². The number of carbonyl (C=O) groups excluding carboxylic acids is 2. The Morgan fingerprint density at radius 3 is 2.88 bits per heavy atom. The van der Waals surface area contributed by atoms with Crippen molar-refractivity contribution in [2.75, 3.05) is 13.6 Å². The molecule has 0 bridgehead atoms.